The van der Waals surface area contributed by atoms with Gasteiger partial charge in [0.15, 0.2) is 0 Å². The van der Waals surface area contributed by atoms with Crippen molar-refractivity contribution in [2.45, 2.75) is 19.3 Å². The van der Waals surface area contributed by atoms with Crippen LogP contribution in [0.2, 0.25) is 0 Å². The molecule has 0 saturated carbocycles. The molecule has 0 aliphatic carbocycles. The van der Waals surface area contributed by atoms with E-state index in [0.717, 1.165) is 18.0 Å². The van der Waals surface area contributed by atoms with Gasteiger partial charge in [-0.25, -0.2) is 0 Å². The summed E-state index contributed by atoms with van der Waals surface area (Å²) in [6.07, 6.45) is 0. The summed E-state index contributed by atoms with van der Waals surface area (Å²) in [5.74, 6) is 1.40. The number of aryl methyl sites for hydroxylation is 1. The van der Waals surface area contributed by atoms with Gasteiger partial charge in [-0.2, -0.15) is 0 Å². The number of fused-ring (bicyclic) bond motifs is 1. The molecule has 0 bridgehead atoms. The molecular weight excluding hydrogens is 306 g/mol. The van der Waals surface area contributed by atoms with Gasteiger partial charge in [0.05, 0.1) is 7.11 Å². The third kappa shape index (κ3) is 3.27. The number of methoxy groups -OCH3 is 1. The van der Waals surface area contributed by atoms with Gasteiger partial charge in [0.2, 0.25) is 0 Å². The van der Waals surface area contributed by atoms with Crippen LogP contribution in [-0.2, 0) is 12.4 Å². The lowest BCUT2D eigenvalue weighted by Crippen LogP contribution is -2.01. The number of nitrogens with one attached hydrogen (secondary N) is 1. The van der Waals surface area contributed by atoms with Crippen molar-refractivity contribution in [3.63, 3.8) is 0 Å². The van der Waals surface area contributed by atoms with Crippen molar-refractivity contribution < 1.29 is 4.74 Å². The molecular formula is C20H20ClNO. The van der Waals surface area contributed by atoms with Crippen molar-refractivity contribution in [2.24, 2.45) is 0 Å². The van der Waals surface area contributed by atoms with E-state index in [2.05, 4.69) is 54.7 Å². The van der Waals surface area contributed by atoms with Gasteiger partial charge in [0, 0.05) is 23.5 Å². The summed E-state index contributed by atoms with van der Waals surface area (Å²) in [7, 11) is 1.68. The fourth-order valence-electron chi connectivity index (χ4n) is 2.85. The molecule has 0 radical (unpaired) electrons. The lowest BCUT2D eigenvalue weighted by atomic mass is 9.99. The number of alkyl halides is 1. The molecule has 3 aromatic carbocycles. The molecule has 0 saturated heterocycles. The SMILES string of the molecule is COc1ccc(CNc2ccc(CCl)c3cccc(C)c23)cc1. The van der Waals surface area contributed by atoms with E-state index in [4.69, 9.17) is 16.3 Å². The minimum Gasteiger partial charge on any atom is -0.497 e. The van der Waals surface area contributed by atoms with Crippen LogP contribution in [0.3, 0.4) is 0 Å². The van der Waals surface area contributed by atoms with E-state index in [9.17, 15) is 0 Å². The van der Waals surface area contributed by atoms with Crippen molar-refractivity contribution in [3.05, 3.63) is 71.3 Å². The smallest absolute Gasteiger partial charge is 0.118 e. The Hall–Kier alpha value is -2.19. The van der Waals surface area contributed by atoms with Gasteiger partial charge in [-0.05, 0) is 47.2 Å². The van der Waals surface area contributed by atoms with Gasteiger partial charge in [-0.1, -0.05) is 36.4 Å². The maximum Gasteiger partial charge on any atom is 0.118 e. The van der Waals surface area contributed by atoms with E-state index in [1.165, 1.54) is 27.5 Å². The summed E-state index contributed by atoms with van der Waals surface area (Å²) >= 11 is 6.08. The first-order valence-corrected chi connectivity index (χ1v) is 8.20. The highest BCUT2D eigenvalue weighted by atomic mass is 35.5. The third-order valence-corrected chi connectivity index (χ3v) is 4.41. The molecule has 0 aromatic heterocycles. The predicted octanol–water partition coefficient (Wildman–Crippen LogP) is 5.51. The van der Waals surface area contributed by atoms with Crippen LogP contribution in [-0.4, -0.2) is 7.11 Å². The Kier molecular flexibility index (Phi) is 4.73. The second kappa shape index (κ2) is 6.93. The number of hydrogen-bond acceptors (Lipinski definition) is 2. The van der Waals surface area contributed by atoms with Gasteiger partial charge in [-0.3, -0.25) is 0 Å². The largest absolute Gasteiger partial charge is 0.497 e. The van der Waals surface area contributed by atoms with Gasteiger partial charge in [0.25, 0.3) is 0 Å². The van der Waals surface area contributed by atoms with Crippen LogP contribution >= 0.6 is 11.6 Å². The van der Waals surface area contributed by atoms with Crippen LogP contribution in [0.25, 0.3) is 10.8 Å². The maximum absolute atomic E-state index is 6.08. The molecule has 2 nitrogen and oxygen atoms in total. The summed E-state index contributed by atoms with van der Waals surface area (Å²) in [6, 6.07) is 18.7. The minimum absolute atomic E-state index is 0.527. The van der Waals surface area contributed by atoms with E-state index >= 15 is 0 Å². The normalized spacial score (nSPS) is 10.7. The Bertz CT molecular complexity index is 812. The molecule has 0 unspecified atom stereocenters. The highest BCUT2D eigenvalue weighted by Gasteiger charge is 2.07. The summed E-state index contributed by atoms with van der Waals surface area (Å²) in [5, 5.41) is 6.02. The fraction of sp³-hybridized carbons (Fsp3) is 0.200. The van der Waals surface area contributed by atoms with Crippen LogP contribution < -0.4 is 10.1 Å². The molecule has 3 heteroatoms. The molecule has 1 N–H and O–H groups in total. The molecule has 0 heterocycles. The van der Waals surface area contributed by atoms with Gasteiger partial charge >= 0.3 is 0 Å². The molecule has 0 aliphatic heterocycles. The van der Waals surface area contributed by atoms with Crippen molar-refractivity contribution in [3.8, 4) is 5.75 Å². The summed E-state index contributed by atoms with van der Waals surface area (Å²) < 4.78 is 5.20. The zero-order valence-corrected chi connectivity index (χ0v) is 14.2. The van der Waals surface area contributed by atoms with Crippen molar-refractivity contribution >= 4 is 28.1 Å². The van der Waals surface area contributed by atoms with E-state index < -0.39 is 0 Å². The topological polar surface area (TPSA) is 21.3 Å². The molecule has 118 valence electrons. The van der Waals surface area contributed by atoms with Crippen molar-refractivity contribution in [2.75, 3.05) is 12.4 Å². The second-order valence-corrected chi connectivity index (χ2v) is 5.87. The van der Waals surface area contributed by atoms with Crippen molar-refractivity contribution in [1.29, 1.82) is 0 Å². The summed E-state index contributed by atoms with van der Waals surface area (Å²) in [5.41, 5.74) is 4.78. The minimum atomic E-state index is 0.527. The molecule has 3 rings (SSSR count). The number of benzene rings is 3. The Balaban J connectivity index is 1.90. The molecule has 0 amide bonds. The first-order chi connectivity index (χ1) is 11.2. The van der Waals surface area contributed by atoms with Crippen LogP contribution in [0.15, 0.2) is 54.6 Å². The van der Waals surface area contributed by atoms with Crippen LogP contribution in [0, 0.1) is 6.92 Å². The van der Waals surface area contributed by atoms with E-state index in [-0.39, 0.29) is 0 Å². The number of halogens is 1. The van der Waals surface area contributed by atoms with E-state index in [0.29, 0.717) is 5.88 Å². The number of rotatable bonds is 5. The Morgan fingerprint density at radius 1 is 1.00 bits per heavy atom. The second-order valence-electron chi connectivity index (χ2n) is 5.60. The van der Waals surface area contributed by atoms with E-state index in [1.807, 2.05) is 12.1 Å². The van der Waals surface area contributed by atoms with Crippen LogP contribution in [0.5, 0.6) is 5.75 Å². The third-order valence-electron chi connectivity index (χ3n) is 4.13. The van der Waals surface area contributed by atoms with Crippen molar-refractivity contribution in [1.82, 2.24) is 0 Å². The zero-order chi connectivity index (χ0) is 16.2. The zero-order valence-electron chi connectivity index (χ0n) is 13.4. The van der Waals surface area contributed by atoms with Gasteiger partial charge in [-0.15, -0.1) is 11.6 Å². The highest BCUT2D eigenvalue weighted by molar-refractivity contribution is 6.18. The number of ether oxygens (including phenoxy) is 1. The number of anilines is 1. The molecule has 0 fully saturated rings. The highest BCUT2D eigenvalue weighted by Crippen LogP contribution is 2.31. The fourth-order valence-corrected chi connectivity index (χ4v) is 3.09. The average molecular weight is 326 g/mol. The molecule has 0 spiro atoms. The first-order valence-electron chi connectivity index (χ1n) is 7.67. The maximum atomic E-state index is 6.08. The predicted molar refractivity (Wildman–Crippen MR) is 98.6 cm³/mol. The monoisotopic (exact) mass is 325 g/mol. The van der Waals surface area contributed by atoms with Crippen LogP contribution in [0.1, 0.15) is 16.7 Å². The molecule has 0 atom stereocenters. The number of hydrogen-bond donors (Lipinski definition) is 1. The summed E-state index contributed by atoms with van der Waals surface area (Å²) in [4.78, 5) is 0. The lowest BCUT2D eigenvalue weighted by Gasteiger charge is -2.14. The lowest BCUT2D eigenvalue weighted by molar-refractivity contribution is 0.414. The Morgan fingerprint density at radius 3 is 2.48 bits per heavy atom. The molecule has 3 aromatic rings. The van der Waals surface area contributed by atoms with E-state index in [1.54, 1.807) is 7.11 Å². The van der Waals surface area contributed by atoms with Gasteiger partial charge < -0.3 is 10.1 Å². The molecule has 0 aliphatic rings. The average Bonchev–Trinajstić information content (AvgIpc) is 2.60. The Labute approximate surface area is 142 Å². The molecule has 23 heavy (non-hydrogen) atoms. The quantitative estimate of drug-likeness (QED) is 0.625. The standard InChI is InChI=1S/C20H20ClNO/c1-14-4-3-5-18-16(12-21)8-11-19(20(14)18)22-13-15-6-9-17(23-2)10-7-15/h3-11,22H,12-13H2,1-2H3. The Morgan fingerprint density at radius 2 is 1.78 bits per heavy atom. The summed E-state index contributed by atoms with van der Waals surface area (Å²) in [6.45, 7) is 2.91. The first kappa shape index (κ1) is 15.7. The van der Waals surface area contributed by atoms with Gasteiger partial charge in [0.1, 0.15) is 5.75 Å². The van der Waals surface area contributed by atoms with Crippen LogP contribution in [0.4, 0.5) is 5.69 Å².